The van der Waals surface area contributed by atoms with E-state index in [0.717, 1.165) is 11.4 Å². The Kier molecular flexibility index (Phi) is 3.97. The molecule has 1 amide bonds. The molecule has 2 aromatic heterocycles. The van der Waals surface area contributed by atoms with Gasteiger partial charge in [0.2, 0.25) is 5.95 Å². The van der Waals surface area contributed by atoms with Crippen molar-refractivity contribution in [3.63, 3.8) is 0 Å². The summed E-state index contributed by atoms with van der Waals surface area (Å²) in [6.07, 6.45) is 3.08. The highest BCUT2D eigenvalue weighted by Crippen LogP contribution is 2.08. The summed E-state index contributed by atoms with van der Waals surface area (Å²) in [4.78, 5) is 23.9. The quantitative estimate of drug-likeness (QED) is 0.894. The first-order chi connectivity index (χ1) is 9.47. The third-order valence-corrected chi connectivity index (χ3v) is 2.79. The molecule has 0 aliphatic rings. The maximum Gasteiger partial charge on any atom is 0.257 e. The van der Waals surface area contributed by atoms with E-state index in [2.05, 4.69) is 20.2 Å². The van der Waals surface area contributed by atoms with Crippen molar-refractivity contribution in [1.82, 2.24) is 25.1 Å². The van der Waals surface area contributed by atoms with Crippen LogP contribution >= 0.6 is 0 Å². The Hall–Kier alpha value is -2.44. The lowest BCUT2D eigenvalue weighted by molar-refractivity contribution is 0.0782. The zero-order valence-electron chi connectivity index (χ0n) is 12.1. The van der Waals surface area contributed by atoms with Gasteiger partial charge >= 0.3 is 0 Å². The van der Waals surface area contributed by atoms with Crippen molar-refractivity contribution >= 4 is 11.9 Å². The van der Waals surface area contributed by atoms with Gasteiger partial charge in [-0.2, -0.15) is 5.10 Å². The van der Waals surface area contributed by atoms with Crippen LogP contribution in [-0.2, 0) is 6.54 Å². The van der Waals surface area contributed by atoms with Crippen molar-refractivity contribution < 1.29 is 4.79 Å². The van der Waals surface area contributed by atoms with E-state index in [9.17, 15) is 4.79 Å². The maximum atomic E-state index is 12.2. The number of nitrogens with zero attached hydrogens (tertiary/aromatic N) is 5. The molecule has 2 rings (SSSR count). The fourth-order valence-corrected chi connectivity index (χ4v) is 1.75. The molecule has 0 saturated heterocycles. The molecule has 106 valence electrons. The lowest BCUT2D eigenvalue weighted by Crippen LogP contribution is -2.27. The minimum atomic E-state index is -0.129. The highest BCUT2D eigenvalue weighted by Gasteiger charge is 2.14. The van der Waals surface area contributed by atoms with Crippen molar-refractivity contribution in [1.29, 1.82) is 0 Å². The van der Waals surface area contributed by atoms with Gasteiger partial charge in [0.15, 0.2) is 0 Å². The Morgan fingerprint density at radius 3 is 2.40 bits per heavy atom. The standard InChI is InChI=1S/C13H18N6O/c1-9-5-11(17-16-9)8-19(4)12(20)10-6-14-13(15-7-10)18(2)3/h5-7H,8H2,1-4H3,(H,16,17). The number of carbonyl (C=O) groups excluding carboxylic acids is 1. The zero-order chi connectivity index (χ0) is 14.7. The van der Waals surface area contributed by atoms with E-state index < -0.39 is 0 Å². The van der Waals surface area contributed by atoms with Crippen LogP contribution in [0.5, 0.6) is 0 Å². The molecule has 7 heteroatoms. The van der Waals surface area contributed by atoms with E-state index in [0.29, 0.717) is 18.1 Å². The lowest BCUT2D eigenvalue weighted by Gasteiger charge is -2.16. The SMILES string of the molecule is Cc1cc(CN(C)C(=O)c2cnc(N(C)C)nc2)n[nH]1. The van der Waals surface area contributed by atoms with Crippen LogP contribution < -0.4 is 4.90 Å². The molecule has 0 aromatic carbocycles. The van der Waals surface area contributed by atoms with Crippen molar-refractivity contribution in [2.24, 2.45) is 0 Å². The molecule has 20 heavy (non-hydrogen) atoms. The van der Waals surface area contributed by atoms with Crippen molar-refractivity contribution in [2.45, 2.75) is 13.5 Å². The molecular weight excluding hydrogens is 256 g/mol. The first kappa shape index (κ1) is 14.0. The third-order valence-electron chi connectivity index (χ3n) is 2.79. The van der Waals surface area contributed by atoms with Gasteiger partial charge in [0.1, 0.15) is 0 Å². The molecule has 0 atom stereocenters. The predicted octanol–water partition coefficient (Wildman–Crippen LogP) is 0.846. The fourth-order valence-electron chi connectivity index (χ4n) is 1.75. The number of carbonyl (C=O) groups is 1. The summed E-state index contributed by atoms with van der Waals surface area (Å²) in [6, 6.07) is 1.91. The van der Waals surface area contributed by atoms with Crippen LogP contribution in [0.1, 0.15) is 21.7 Å². The number of aromatic nitrogens is 4. The smallest absolute Gasteiger partial charge is 0.257 e. The Labute approximate surface area is 117 Å². The summed E-state index contributed by atoms with van der Waals surface area (Å²) in [5.41, 5.74) is 2.26. The van der Waals surface area contributed by atoms with Crippen LogP contribution in [0.15, 0.2) is 18.5 Å². The van der Waals surface area contributed by atoms with Gasteiger partial charge in [-0.05, 0) is 13.0 Å². The van der Waals surface area contributed by atoms with Gasteiger partial charge in [-0.1, -0.05) is 0 Å². The third kappa shape index (κ3) is 3.11. The molecule has 0 fully saturated rings. The van der Waals surface area contributed by atoms with Gasteiger partial charge in [0.25, 0.3) is 5.91 Å². The second kappa shape index (κ2) is 5.68. The summed E-state index contributed by atoms with van der Waals surface area (Å²) in [6.45, 7) is 2.37. The second-order valence-corrected chi connectivity index (χ2v) is 4.87. The van der Waals surface area contributed by atoms with Gasteiger partial charge in [-0.3, -0.25) is 9.89 Å². The number of nitrogens with one attached hydrogen (secondary N) is 1. The highest BCUT2D eigenvalue weighted by atomic mass is 16.2. The molecule has 2 aromatic rings. The Balaban J connectivity index is 2.06. The van der Waals surface area contributed by atoms with E-state index in [-0.39, 0.29) is 5.91 Å². The van der Waals surface area contributed by atoms with E-state index in [1.165, 1.54) is 12.4 Å². The van der Waals surface area contributed by atoms with Crippen LogP contribution in [0, 0.1) is 6.92 Å². The maximum absolute atomic E-state index is 12.2. The van der Waals surface area contributed by atoms with Crippen LogP contribution in [0.25, 0.3) is 0 Å². The van der Waals surface area contributed by atoms with Gasteiger partial charge in [-0.15, -0.1) is 0 Å². The summed E-state index contributed by atoms with van der Waals surface area (Å²) in [7, 11) is 5.43. The molecule has 0 radical (unpaired) electrons. The highest BCUT2D eigenvalue weighted by molar-refractivity contribution is 5.93. The van der Waals surface area contributed by atoms with Gasteiger partial charge in [-0.25, -0.2) is 9.97 Å². The number of aromatic amines is 1. The minimum absolute atomic E-state index is 0.129. The van der Waals surface area contributed by atoms with E-state index in [1.807, 2.05) is 27.1 Å². The summed E-state index contributed by atoms with van der Waals surface area (Å²) in [5.74, 6) is 0.447. The second-order valence-electron chi connectivity index (χ2n) is 4.87. The normalized spacial score (nSPS) is 10.4. The van der Waals surface area contributed by atoms with E-state index in [4.69, 9.17) is 0 Å². The van der Waals surface area contributed by atoms with Crippen molar-refractivity contribution in [3.8, 4) is 0 Å². The molecule has 0 spiro atoms. The average Bonchev–Trinajstić information content (AvgIpc) is 2.83. The number of rotatable bonds is 4. The molecule has 0 unspecified atom stereocenters. The number of anilines is 1. The topological polar surface area (TPSA) is 78.0 Å². The number of hydrogen-bond acceptors (Lipinski definition) is 5. The van der Waals surface area contributed by atoms with Crippen LogP contribution in [0.4, 0.5) is 5.95 Å². The lowest BCUT2D eigenvalue weighted by atomic mass is 10.3. The fraction of sp³-hybridized carbons (Fsp3) is 0.385. The Bertz CT molecular complexity index is 589. The molecule has 1 N–H and O–H groups in total. The predicted molar refractivity (Wildman–Crippen MR) is 75.5 cm³/mol. The average molecular weight is 274 g/mol. The number of H-pyrrole nitrogens is 1. The number of aryl methyl sites for hydroxylation is 1. The first-order valence-corrected chi connectivity index (χ1v) is 6.23. The van der Waals surface area contributed by atoms with Gasteiger partial charge in [0.05, 0.1) is 17.8 Å². The molecule has 0 aliphatic carbocycles. The number of amides is 1. The van der Waals surface area contributed by atoms with Crippen molar-refractivity contribution in [2.75, 3.05) is 26.0 Å². The molecular formula is C13H18N6O. The molecule has 2 heterocycles. The van der Waals surface area contributed by atoms with E-state index >= 15 is 0 Å². The molecule has 0 saturated carbocycles. The first-order valence-electron chi connectivity index (χ1n) is 6.23. The monoisotopic (exact) mass is 274 g/mol. The van der Waals surface area contributed by atoms with Crippen LogP contribution in [0.2, 0.25) is 0 Å². The molecule has 0 aliphatic heterocycles. The van der Waals surface area contributed by atoms with Crippen molar-refractivity contribution in [3.05, 3.63) is 35.4 Å². The zero-order valence-corrected chi connectivity index (χ0v) is 12.1. The Morgan fingerprint density at radius 2 is 1.90 bits per heavy atom. The van der Waals surface area contributed by atoms with E-state index in [1.54, 1.807) is 16.8 Å². The molecule has 0 bridgehead atoms. The van der Waals surface area contributed by atoms with Gasteiger partial charge < -0.3 is 9.80 Å². The minimum Gasteiger partial charge on any atom is -0.347 e. The Morgan fingerprint density at radius 1 is 1.25 bits per heavy atom. The molecule has 7 nitrogen and oxygen atoms in total. The van der Waals surface area contributed by atoms with Gasteiger partial charge in [0, 0.05) is 39.2 Å². The summed E-state index contributed by atoms with van der Waals surface area (Å²) >= 11 is 0. The van der Waals surface area contributed by atoms with Crippen LogP contribution in [0.3, 0.4) is 0 Å². The summed E-state index contributed by atoms with van der Waals surface area (Å²) in [5, 5.41) is 6.97. The van der Waals surface area contributed by atoms with Crippen LogP contribution in [-0.4, -0.2) is 52.1 Å². The summed E-state index contributed by atoms with van der Waals surface area (Å²) < 4.78 is 0. The number of hydrogen-bond donors (Lipinski definition) is 1. The largest absolute Gasteiger partial charge is 0.347 e.